The van der Waals surface area contributed by atoms with Crippen LogP contribution in [0.15, 0.2) is 59.8 Å². The van der Waals surface area contributed by atoms with Crippen LogP contribution in [0.4, 0.5) is 5.69 Å². The molecule has 1 fully saturated rings. The molecule has 3 aromatic rings. The van der Waals surface area contributed by atoms with Gasteiger partial charge in [0.15, 0.2) is 5.16 Å². The van der Waals surface area contributed by atoms with E-state index in [2.05, 4.69) is 20.4 Å². The number of rotatable bonds is 8. The predicted octanol–water partition coefficient (Wildman–Crippen LogP) is 3.17. The molecule has 8 nitrogen and oxygen atoms in total. The number of hydrogen-bond acceptors (Lipinski definition) is 7. The van der Waals surface area contributed by atoms with Crippen molar-refractivity contribution >= 4 is 23.4 Å². The van der Waals surface area contributed by atoms with E-state index in [1.807, 2.05) is 66.2 Å². The van der Waals surface area contributed by atoms with Crippen molar-refractivity contribution < 1.29 is 14.3 Å². The van der Waals surface area contributed by atoms with Crippen molar-refractivity contribution in [2.75, 3.05) is 37.4 Å². The third-order valence-corrected chi connectivity index (χ3v) is 5.86. The Morgan fingerprint density at radius 1 is 1.06 bits per heavy atom. The van der Waals surface area contributed by atoms with Crippen molar-refractivity contribution in [1.29, 1.82) is 0 Å². The molecule has 162 valence electrons. The van der Waals surface area contributed by atoms with E-state index >= 15 is 0 Å². The molecule has 31 heavy (non-hydrogen) atoms. The van der Waals surface area contributed by atoms with Gasteiger partial charge in [-0.15, -0.1) is 10.2 Å². The highest BCUT2D eigenvalue weighted by molar-refractivity contribution is 7.99. The molecule has 0 unspecified atom stereocenters. The van der Waals surface area contributed by atoms with Gasteiger partial charge in [-0.2, -0.15) is 0 Å². The number of nitrogens with zero attached hydrogens (tertiary/aromatic N) is 4. The lowest BCUT2D eigenvalue weighted by molar-refractivity contribution is -0.113. The first kappa shape index (κ1) is 21.4. The summed E-state index contributed by atoms with van der Waals surface area (Å²) >= 11 is 1.37. The molecule has 1 aliphatic rings. The maximum atomic E-state index is 12.4. The molecule has 1 saturated heterocycles. The molecule has 0 radical (unpaired) electrons. The van der Waals surface area contributed by atoms with Crippen LogP contribution in [0.1, 0.15) is 5.82 Å². The second kappa shape index (κ2) is 10.4. The summed E-state index contributed by atoms with van der Waals surface area (Å²) in [4.78, 5) is 14.6. The normalized spacial score (nSPS) is 14.4. The third-order valence-electron chi connectivity index (χ3n) is 4.84. The number of anilines is 1. The molecule has 1 aromatic heterocycles. The average molecular weight is 440 g/mol. The van der Waals surface area contributed by atoms with E-state index in [9.17, 15) is 4.79 Å². The molecule has 1 amide bonds. The van der Waals surface area contributed by atoms with Crippen LogP contribution >= 0.6 is 11.8 Å². The number of carbonyl (C=O) groups excluding carboxylic acids is 1. The van der Waals surface area contributed by atoms with Gasteiger partial charge in [0.2, 0.25) is 5.91 Å². The summed E-state index contributed by atoms with van der Waals surface area (Å²) in [5.74, 6) is 2.53. The number of carbonyl (C=O) groups is 1. The van der Waals surface area contributed by atoms with Crippen LogP contribution in [0, 0.1) is 0 Å². The number of ether oxygens (including phenoxy) is 2. The Labute approximate surface area is 185 Å². The Morgan fingerprint density at radius 2 is 1.77 bits per heavy atom. The number of nitrogens with one attached hydrogen (secondary N) is 1. The minimum atomic E-state index is -0.0977. The van der Waals surface area contributed by atoms with Gasteiger partial charge in [-0.05, 0) is 36.4 Å². The van der Waals surface area contributed by atoms with Gasteiger partial charge in [-0.3, -0.25) is 9.69 Å². The number of benzene rings is 2. The molecule has 9 heteroatoms. The topological polar surface area (TPSA) is 81.5 Å². The fraction of sp³-hybridized carbons (Fsp3) is 0.318. The third kappa shape index (κ3) is 6.06. The van der Waals surface area contributed by atoms with E-state index in [1.54, 1.807) is 0 Å². The number of morpholine rings is 1. The number of aromatic nitrogens is 3. The van der Waals surface area contributed by atoms with Crippen molar-refractivity contribution in [3.05, 3.63) is 60.4 Å². The highest BCUT2D eigenvalue weighted by Gasteiger charge is 2.16. The molecule has 2 heterocycles. The van der Waals surface area contributed by atoms with Gasteiger partial charge in [-0.1, -0.05) is 30.0 Å². The summed E-state index contributed by atoms with van der Waals surface area (Å²) in [6, 6.07) is 16.9. The lowest BCUT2D eigenvalue weighted by Crippen LogP contribution is -2.36. The minimum absolute atomic E-state index is 0.0977. The molecule has 1 aliphatic heterocycles. The lowest BCUT2D eigenvalue weighted by Gasteiger charge is -2.25. The van der Waals surface area contributed by atoms with Crippen molar-refractivity contribution in [2.24, 2.45) is 7.05 Å². The van der Waals surface area contributed by atoms with E-state index in [0.29, 0.717) is 5.75 Å². The van der Waals surface area contributed by atoms with Crippen LogP contribution in [-0.4, -0.2) is 57.6 Å². The van der Waals surface area contributed by atoms with E-state index in [1.165, 1.54) is 11.8 Å². The molecule has 0 aliphatic carbocycles. The van der Waals surface area contributed by atoms with Gasteiger partial charge < -0.3 is 19.4 Å². The number of thioether (sulfide) groups is 1. The number of hydrogen-bond donors (Lipinski definition) is 1. The fourth-order valence-electron chi connectivity index (χ4n) is 3.13. The van der Waals surface area contributed by atoms with Gasteiger partial charge in [0.05, 0.1) is 25.5 Å². The Kier molecular flexibility index (Phi) is 7.18. The molecule has 0 atom stereocenters. The van der Waals surface area contributed by atoms with E-state index in [-0.39, 0.29) is 11.7 Å². The predicted molar refractivity (Wildman–Crippen MR) is 119 cm³/mol. The van der Waals surface area contributed by atoms with Gasteiger partial charge in [0, 0.05) is 25.8 Å². The quantitative estimate of drug-likeness (QED) is 0.540. The van der Waals surface area contributed by atoms with E-state index in [4.69, 9.17) is 9.47 Å². The van der Waals surface area contributed by atoms with Gasteiger partial charge >= 0.3 is 0 Å². The summed E-state index contributed by atoms with van der Waals surface area (Å²) < 4.78 is 13.1. The van der Waals surface area contributed by atoms with Crippen molar-refractivity contribution in [3.63, 3.8) is 0 Å². The molecule has 1 N–H and O–H groups in total. The average Bonchev–Trinajstić information content (AvgIpc) is 3.14. The van der Waals surface area contributed by atoms with Crippen LogP contribution in [0.2, 0.25) is 0 Å². The summed E-state index contributed by atoms with van der Waals surface area (Å²) in [7, 11) is 1.93. The van der Waals surface area contributed by atoms with Crippen molar-refractivity contribution in [1.82, 2.24) is 19.7 Å². The van der Waals surface area contributed by atoms with E-state index < -0.39 is 0 Å². The summed E-state index contributed by atoms with van der Waals surface area (Å²) in [5, 5.41) is 12.1. The second-order valence-corrected chi connectivity index (χ2v) is 8.07. The van der Waals surface area contributed by atoms with Crippen LogP contribution in [0.25, 0.3) is 0 Å². The standard InChI is InChI=1S/C22H25N5O3S/c1-26-20(15-27-11-13-29-14-12-27)24-25-22(26)31-16-21(28)23-17-7-9-19(10-8-17)30-18-5-3-2-4-6-18/h2-10H,11-16H2,1H3,(H,23,28). The largest absolute Gasteiger partial charge is 0.457 e. The molecular weight excluding hydrogens is 414 g/mol. The van der Waals surface area contributed by atoms with Crippen molar-refractivity contribution in [2.45, 2.75) is 11.7 Å². The highest BCUT2D eigenvalue weighted by Crippen LogP contribution is 2.23. The number of amides is 1. The Hall–Kier alpha value is -2.88. The van der Waals surface area contributed by atoms with E-state index in [0.717, 1.165) is 55.3 Å². The summed E-state index contributed by atoms with van der Waals surface area (Å²) in [6.45, 7) is 4.02. The highest BCUT2D eigenvalue weighted by atomic mass is 32.2. The van der Waals surface area contributed by atoms with Crippen LogP contribution < -0.4 is 10.1 Å². The summed E-state index contributed by atoms with van der Waals surface area (Å²) in [6.07, 6.45) is 0. The smallest absolute Gasteiger partial charge is 0.234 e. The molecule has 0 saturated carbocycles. The lowest BCUT2D eigenvalue weighted by atomic mass is 10.3. The first-order valence-corrected chi connectivity index (χ1v) is 11.1. The molecule has 4 rings (SSSR count). The zero-order valence-corrected chi connectivity index (χ0v) is 18.2. The minimum Gasteiger partial charge on any atom is -0.457 e. The second-order valence-electron chi connectivity index (χ2n) is 7.12. The maximum Gasteiger partial charge on any atom is 0.234 e. The Balaban J connectivity index is 1.25. The van der Waals surface area contributed by atoms with Gasteiger partial charge in [0.1, 0.15) is 17.3 Å². The van der Waals surface area contributed by atoms with Crippen LogP contribution in [0.5, 0.6) is 11.5 Å². The monoisotopic (exact) mass is 439 g/mol. The molecular formula is C22H25N5O3S. The first-order chi connectivity index (χ1) is 15.2. The zero-order chi connectivity index (χ0) is 21.5. The van der Waals surface area contributed by atoms with Gasteiger partial charge in [0.25, 0.3) is 0 Å². The molecule has 0 spiro atoms. The molecule has 0 bridgehead atoms. The Morgan fingerprint density at radius 3 is 2.52 bits per heavy atom. The van der Waals surface area contributed by atoms with Crippen molar-refractivity contribution in [3.8, 4) is 11.5 Å². The SMILES string of the molecule is Cn1c(CN2CCOCC2)nnc1SCC(=O)Nc1ccc(Oc2ccccc2)cc1. The maximum absolute atomic E-state index is 12.4. The fourth-order valence-corrected chi connectivity index (χ4v) is 3.86. The zero-order valence-electron chi connectivity index (χ0n) is 17.4. The summed E-state index contributed by atoms with van der Waals surface area (Å²) in [5.41, 5.74) is 0.719. The Bertz CT molecular complexity index is 988. The van der Waals surface area contributed by atoms with Crippen LogP contribution in [0.3, 0.4) is 0 Å². The van der Waals surface area contributed by atoms with Gasteiger partial charge in [-0.25, -0.2) is 0 Å². The molecule has 2 aromatic carbocycles. The number of para-hydroxylation sites is 1. The van der Waals surface area contributed by atoms with Crippen LogP contribution in [-0.2, 0) is 23.1 Å². The first-order valence-electron chi connectivity index (χ1n) is 10.1.